The normalized spacial score (nSPS) is 11.7. The molecule has 3 aromatic rings. The lowest BCUT2D eigenvalue weighted by Gasteiger charge is -2.12. The third kappa shape index (κ3) is 5.45. The van der Waals surface area contributed by atoms with Gasteiger partial charge in [-0.15, -0.1) is 12.4 Å². The summed E-state index contributed by atoms with van der Waals surface area (Å²) in [6, 6.07) is 19.4. The number of nitrogens with zero attached hydrogens (tertiary/aromatic N) is 2. The van der Waals surface area contributed by atoms with Gasteiger partial charge in [0.1, 0.15) is 0 Å². The molecule has 0 saturated carbocycles. The molecule has 23 heavy (non-hydrogen) atoms. The molecule has 1 heterocycles. The lowest BCUT2D eigenvalue weighted by molar-refractivity contribution is 0.479. The molecular formula is C19H21ClN2S. The Morgan fingerprint density at radius 3 is 2.35 bits per heavy atom. The zero-order valence-electron chi connectivity index (χ0n) is 13.1. The van der Waals surface area contributed by atoms with Crippen LogP contribution in [0.4, 0.5) is 0 Å². The molecule has 1 atom stereocenters. The van der Waals surface area contributed by atoms with E-state index in [9.17, 15) is 0 Å². The van der Waals surface area contributed by atoms with Crippen LogP contribution < -0.4 is 0 Å². The highest BCUT2D eigenvalue weighted by Gasteiger charge is 2.05. The summed E-state index contributed by atoms with van der Waals surface area (Å²) in [5, 5.41) is 0. The van der Waals surface area contributed by atoms with E-state index < -0.39 is 0 Å². The van der Waals surface area contributed by atoms with Crippen molar-refractivity contribution in [1.29, 1.82) is 0 Å². The minimum absolute atomic E-state index is 0. The summed E-state index contributed by atoms with van der Waals surface area (Å²) in [5.74, 6) is 0.599. The first kappa shape index (κ1) is 17.6. The molecule has 2 aromatic carbocycles. The van der Waals surface area contributed by atoms with Gasteiger partial charge in [0.15, 0.2) is 0 Å². The van der Waals surface area contributed by atoms with Crippen molar-refractivity contribution in [3.63, 3.8) is 0 Å². The first-order valence-electron chi connectivity index (χ1n) is 7.57. The van der Waals surface area contributed by atoms with E-state index in [1.807, 2.05) is 18.7 Å². The summed E-state index contributed by atoms with van der Waals surface area (Å²) in [4.78, 5) is 6.66. The predicted octanol–water partition coefficient (Wildman–Crippen LogP) is 5.33. The maximum absolute atomic E-state index is 4.09. The van der Waals surface area contributed by atoms with E-state index in [0.717, 1.165) is 13.0 Å². The van der Waals surface area contributed by atoms with Crippen molar-refractivity contribution >= 4 is 24.2 Å². The Bertz CT molecular complexity index is 681. The molecule has 120 valence electrons. The van der Waals surface area contributed by atoms with Crippen LogP contribution in [0.5, 0.6) is 0 Å². The molecule has 4 heteroatoms. The van der Waals surface area contributed by atoms with Gasteiger partial charge in [0.25, 0.3) is 0 Å². The molecule has 0 radical (unpaired) electrons. The first-order valence-corrected chi connectivity index (χ1v) is 8.39. The van der Waals surface area contributed by atoms with Gasteiger partial charge in [-0.3, -0.25) is 0 Å². The van der Waals surface area contributed by atoms with Crippen molar-refractivity contribution in [1.82, 2.24) is 9.55 Å². The third-order valence-corrected chi connectivity index (χ3v) is 4.58. The zero-order valence-corrected chi connectivity index (χ0v) is 14.8. The number of halogens is 1. The average molecular weight is 345 g/mol. The van der Waals surface area contributed by atoms with E-state index in [1.54, 1.807) is 11.8 Å². The fourth-order valence-electron chi connectivity index (χ4n) is 2.54. The molecule has 0 aliphatic rings. The van der Waals surface area contributed by atoms with Crippen LogP contribution in [-0.2, 0) is 13.0 Å². The largest absolute Gasteiger partial charge is 0.337 e. The van der Waals surface area contributed by atoms with Crippen molar-refractivity contribution in [3.05, 3.63) is 78.9 Å². The lowest BCUT2D eigenvalue weighted by atomic mass is 10.0. The molecule has 0 amide bonds. The van der Waals surface area contributed by atoms with Gasteiger partial charge in [-0.05, 0) is 42.2 Å². The van der Waals surface area contributed by atoms with Crippen LogP contribution in [-0.4, -0.2) is 9.55 Å². The van der Waals surface area contributed by atoms with E-state index in [-0.39, 0.29) is 12.4 Å². The average Bonchev–Trinajstić information content (AvgIpc) is 3.03. The fraction of sp³-hybridized carbons (Fsp3) is 0.211. The Hall–Kier alpha value is -1.71. The Morgan fingerprint density at radius 2 is 1.70 bits per heavy atom. The van der Waals surface area contributed by atoms with Crippen LogP contribution >= 0.6 is 24.2 Å². The quantitative estimate of drug-likeness (QED) is 0.601. The third-order valence-electron chi connectivity index (χ3n) is 3.57. The van der Waals surface area contributed by atoms with Crippen LogP contribution in [0.25, 0.3) is 0 Å². The molecule has 0 aliphatic carbocycles. The van der Waals surface area contributed by atoms with E-state index in [4.69, 9.17) is 0 Å². The van der Waals surface area contributed by atoms with E-state index in [2.05, 4.69) is 71.1 Å². The van der Waals surface area contributed by atoms with Gasteiger partial charge in [0.2, 0.25) is 0 Å². The SMILES string of the molecule is CC(Cc1ccc(Sc2ccccc2)cc1)Cn1ccnc1.Cl. The molecule has 2 nitrogen and oxygen atoms in total. The standard InChI is InChI=1S/C19H20N2S.ClH/c1-16(14-21-12-11-20-15-21)13-17-7-9-19(10-8-17)22-18-5-3-2-4-6-18;/h2-12,15-16H,13-14H2,1H3;1H. The topological polar surface area (TPSA) is 17.8 Å². The first-order chi connectivity index (χ1) is 10.8. The van der Waals surface area contributed by atoms with Gasteiger partial charge >= 0.3 is 0 Å². The monoisotopic (exact) mass is 344 g/mol. The molecule has 3 rings (SSSR count). The van der Waals surface area contributed by atoms with Crippen molar-refractivity contribution < 1.29 is 0 Å². The molecule has 1 aromatic heterocycles. The van der Waals surface area contributed by atoms with Crippen molar-refractivity contribution in [2.24, 2.45) is 5.92 Å². The van der Waals surface area contributed by atoms with E-state index >= 15 is 0 Å². The summed E-state index contributed by atoms with van der Waals surface area (Å²) >= 11 is 1.81. The van der Waals surface area contributed by atoms with Gasteiger partial charge in [0.05, 0.1) is 6.33 Å². The summed E-state index contributed by atoms with van der Waals surface area (Å²) in [5.41, 5.74) is 1.39. The van der Waals surface area contributed by atoms with Gasteiger partial charge in [-0.25, -0.2) is 4.98 Å². The molecule has 0 spiro atoms. The highest BCUT2D eigenvalue weighted by atomic mass is 35.5. The van der Waals surface area contributed by atoms with E-state index in [0.29, 0.717) is 5.92 Å². The fourth-order valence-corrected chi connectivity index (χ4v) is 3.38. The highest BCUT2D eigenvalue weighted by Crippen LogP contribution is 2.27. The second kappa shape index (κ2) is 8.80. The second-order valence-corrected chi connectivity index (χ2v) is 6.77. The summed E-state index contributed by atoms with van der Waals surface area (Å²) in [6.07, 6.45) is 6.84. The number of hydrogen-bond acceptors (Lipinski definition) is 2. The Kier molecular flexibility index (Phi) is 6.75. The smallest absolute Gasteiger partial charge is 0.0945 e. The van der Waals surface area contributed by atoms with Crippen molar-refractivity contribution in [3.8, 4) is 0 Å². The maximum atomic E-state index is 4.09. The predicted molar refractivity (Wildman–Crippen MR) is 99.4 cm³/mol. The molecule has 1 unspecified atom stereocenters. The summed E-state index contributed by atoms with van der Waals surface area (Å²) < 4.78 is 2.14. The van der Waals surface area contributed by atoms with Crippen LogP contribution in [0.15, 0.2) is 83.1 Å². The van der Waals surface area contributed by atoms with Gasteiger partial charge in [-0.2, -0.15) is 0 Å². The van der Waals surface area contributed by atoms with Crippen LogP contribution in [0.2, 0.25) is 0 Å². The highest BCUT2D eigenvalue weighted by molar-refractivity contribution is 7.99. The Morgan fingerprint density at radius 1 is 1.00 bits per heavy atom. The van der Waals surface area contributed by atoms with Gasteiger partial charge in [0, 0.05) is 28.7 Å². The van der Waals surface area contributed by atoms with E-state index in [1.165, 1.54) is 15.4 Å². The Labute approximate surface area is 148 Å². The zero-order chi connectivity index (χ0) is 15.2. The van der Waals surface area contributed by atoms with Crippen LogP contribution in [0.3, 0.4) is 0 Å². The van der Waals surface area contributed by atoms with Gasteiger partial charge < -0.3 is 4.57 Å². The lowest BCUT2D eigenvalue weighted by Crippen LogP contribution is -2.08. The maximum Gasteiger partial charge on any atom is 0.0945 e. The minimum Gasteiger partial charge on any atom is -0.337 e. The summed E-state index contributed by atoms with van der Waals surface area (Å²) in [7, 11) is 0. The number of hydrogen-bond donors (Lipinski definition) is 0. The molecule has 0 N–H and O–H groups in total. The number of rotatable bonds is 6. The Balaban J connectivity index is 0.00000192. The van der Waals surface area contributed by atoms with Crippen molar-refractivity contribution in [2.45, 2.75) is 29.7 Å². The van der Waals surface area contributed by atoms with Crippen molar-refractivity contribution in [2.75, 3.05) is 0 Å². The number of benzene rings is 2. The second-order valence-electron chi connectivity index (χ2n) is 5.63. The van der Waals surface area contributed by atoms with Crippen LogP contribution in [0, 0.1) is 5.92 Å². The van der Waals surface area contributed by atoms with Gasteiger partial charge in [-0.1, -0.05) is 49.0 Å². The molecule has 0 aliphatic heterocycles. The molecule has 0 bridgehead atoms. The van der Waals surface area contributed by atoms with Crippen LogP contribution in [0.1, 0.15) is 12.5 Å². The minimum atomic E-state index is 0. The molecule has 0 saturated heterocycles. The molecular weight excluding hydrogens is 324 g/mol. The number of imidazole rings is 1. The summed E-state index contributed by atoms with van der Waals surface area (Å²) in [6.45, 7) is 3.30. The molecule has 0 fully saturated rings. The number of aromatic nitrogens is 2.